The summed E-state index contributed by atoms with van der Waals surface area (Å²) in [6.07, 6.45) is 1.96. The van der Waals surface area contributed by atoms with Crippen molar-refractivity contribution in [1.29, 1.82) is 0 Å². The fourth-order valence-corrected chi connectivity index (χ4v) is 3.94. The Kier molecular flexibility index (Phi) is 7.61. The van der Waals surface area contributed by atoms with Crippen LogP contribution in [0.15, 0.2) is 82.6 Å². The molecule has 0 aliphatic rings. The molecule has 0 saturated carbocycles. The Morgan fingerprint density at radius 2 is 1.79 bits per heavy atom. The third kappa shape index (κ3) is 5.84. The molecule has 0 spiro atoms. The fourth-order valence-electron chi connectivity index (χ4n) is 3.17. The predicted octanol–water partition coefficient (Wildman–Crippen LogP) is 3.40. The third-order valence-corrected chi connectivity index (χ3v) is 5.63. The van der Waals surface area contributed by atoms with Crippen LogP contribution in [0.4, 0.5) is 0 Å². The van der Waals surface area contributed by atoms with Crippen molar-refractivity contribution < 1.29 is 18.7 Å². The van der Waals surface area contributed by atoms with Gasteiger partial charge in [-0.2, -0.15) is 0 Å². The number of aromatic nitrogens is 3. The molecule has 2 amide bonds. The van der Waals surface area contributed by atoms with Gasteiger partial charge >= 0.3 is 5.91 Å². The van der Waals surface area contributed by atoms with Crippen molar-refractivity contribution in [2.45, 2.75) is 18.5 Å². The zero-order valence-electron chi connectivity index (χ0n) is 18.4. The molecule has 174 valence electrons. The lowest BCUT2D eigenvalue weighted by Crippen LogP contribution is -2.42. The highest BCUT2D eigenvalue weighted by Crippen LogP contribution is 2.25. The highest BCUT2D eigenvalue weighted by molar-refractivity contribution is 7.99. The first-order valence-corrected chi connectivity index (χ1v) is 11.6. The first kappa shape index (κ1) is 23.1. The van der Waals surface area contributed by atoms with Crippen molar-refractivity contribution in [2.75, 3.05) is 12.4 Å². The average molecular weight is 478 g/mol. The van der Waals surface area contributed by atoms with Crippen molar-refractivity contribution >= 4 is 23.6 Å². The number of furan rings is 1. The van der Waals surface area contributed by atoms with Crippen molar-refractivity contribution in [3.05, 3.63) is 90.1 Å². The number of thioether (sulfide) groups is 1. The number of hydrazine groups is 1. The summed E-state index contributed by atoms with van der Waals surface area (Å²) in [5.74, 6) is 0.712. The Hall–Kier alpha value is -4.05. The maximum Gasteiger partial charge on any atom is 0.305 e. The third-order valence-electron chi connectivity index (χ3n) is 4.70. The maximum absolute atomic E-state index is 12.3. The maximum atomic E-state index is 12.3. The van der Waals surface area contributed by atoms with Crippen LogP contribution in [0.25, 0.3) is 5.69 Å². The molecule has 2 heterocycles. The van der Waals surface area contributed by atoms with E-state index in [1.54, 1.807) is 6.07 Å². The SMILES string of the molecule is CCOc1ccc(-n2c(Cc3ccccc3)nnc2SCC(=O)NNC(=O)c2ccco2)cc1. The number of nitrogens with zero attached hydrogens (tertiary/aromatic N) is 3. The summed E-state index contributed by atoms with van der Waals surface area (Å²) in [5, 5.41) is 9.26. The van der Waals surface area contributed by atoms with E-state index in [9.17, 15) is 9.59 Å². The molecule has 34 heavy (non-hydrogen) atoms. The number of hydrogen-bond acceptors (Lipinski definition) is 7. The van der Waals surface area contributed by atoms with Gasteiger partial charge in [-0.05, 0) is 48.9 Å². The average Bonchev–Trinajstić information content (AvgIpc) is 3.53. The molecule has 0 radical (unpaired) electrons. The smallest absolute Gasteiger partial charge is 0.305 e. The first-order chi connectivity index (χ1) is 16.6. The van der Waals surface area contributed by atoms with Crippen LogP contribution in [0.3, 0.4) is 0 Å². The number of carbonyl (C=O) groups is 2. The van der Waals surface area contributed by atoms with Crippen LogP contribution in [0, 0.1) is 0 Å². The number of benzene rings is 2. The molecule has 0 aliphatic carbocycles. The highest BCUT2D eigenvalue weighted by Gasteiger charge is 2.17. The van der Waals surface area contributed by atoms with E-state index in [1.165, 1.54) is 24.1 Å². The number of carbonyl (C=O) groups excluding carboxylic acids is 2. The normalized spacial score (nSPS) is 10.6. The van der Waals surface area contributed by atoms with Crippen LogP contribution in [-0.2, 0) is 11.2 Å². The number of nitrogens with one attached hydrogen (secondary N) is 2. The van der Waals surface area contributed by atoms with Crippen LogP contribution in [0.2, 0.25) is 0 Å². The van der Waals surface area contributed by atoms with E-state index in [0.717, 1.165) is 22.8 Å². The summed E-state index contributed by atoms with van der Waals surface area (Å²) in [5.41, 5.74) is 6.65. The summed E-state index contributed by atoms with van der Waals surface area (Å²) < 4.78 is 12.5. The van der Waals surface area contributed by atoms with Gasteiger partial charge in [0, 0.05) is 12.1 Å². The molecule has 0 aliphatic heterocycles. The van der Waals surface area contributed by atoms with Crippen LogP contribution >= 0.6 is 11.8 Å². The van der Waals surface area contributed by atoms with Crippen LogP contribution in [0.5, 0.6) is 5.75 Å². The van der Waals surface area contributed by atoms with E-state index in [2.05, 4.69) is 21.0 Å². The van der Waals surface area contributed by atoms with Crippen LogP contribution < -0.4 is 15.6 Å². The van der Waals surface area contributed by atoms with Gasteiger partial charge < -0.3 is 9.15 Å². The van der Waals surface area contributed by atoms with E-state index in [0.29, 0.717) is 18.2 Å². The lowest BCUT2D eigenvalue weighted by Gasteiger charge is -2.12. The van der Waals surface area contributed by atoms with Crippen molar-refractivity contribution in [3.8, 4) is 11.4 Å². The lowest BCUT2D eigenvalue weighted by atomic mass is 10.1. The summed E-state index contributed by atoms with van der Waals surface area (Å²) in [4.78, 5) is 24.2. The van der Waals surface area contributed by atoms with Crippen LogP contribution in [-0.4, -0.2) is 38.9 Å². The monoisotopic (exact) mass is 477 g/mol. The molecule has 2 N–H and O–H groups in total. The van der Waals surface area contributed by atoms with Gasteiger partial charge in [0.2, 0.25) is 5.91 Å². The van der Waals surface area contributed by atoms with Gasteiger partial charge in [-0.3, -0.25) is 25.0 Å². The van der Waals surface area contributed by atoms with E-state index in [4.69, 9.17) is 9.15 Å². The fraction of sp³-hybridized carbons (Fsp3) is 0.167. The number of amides is 2. The van der Waals surface area contributed by atoms with E-state index in [-0.39, 0.29) is 11.5 Å². The lowest BCUT2D eigenvalue weighted by molar-refractivity contribution is -0.119. The quantitative estimate of drug-likeness (QED) is 0.281. The number of ether oxygens (including phenoxy) is 1. The second kappa shape index (κ2) is 11.2. The molecule has 0 atom stereocenters. The molecule has 0 unspecified atom stereocenters. The topological polar surface area (TPSA) is 111 Å². The van der Waals surface area contributed by atoms with Crippen molar-refractivity contribution in [3.63, 3.8) is 0 Å². The molecule has 0 bridgehead atoms. The van der Waals surface area contributed by atoms with Crippen LogP contribution in [0.1, 0.15) is 28.9 Å². The molecule has 0 saturated heterocycles. The Morgan fingerprint density at radius 1 is 1.00 bits per heavy atom. The van der Waals surface area contributed by atoms with Gasteiger partial charge in [-0.15, -0.1) is 10.2 Å². The van der Waals surface area contributed by atoms with Crippen molar-refractivity contribution in [1.82, 2.24) is 25.6 Å². The zero-order chi connectivity index (χ0) is 23.8. The number of hydrogen-bond donors (Lipinski definition) is 2. The predicted molar refractivity (Wildman–Crippen MR) is 127 cm³/mol. The molecule has 0 fully saturated rings. The minimum absolute atomic E-state index is 0.0267. The Bertz CT molecular complexity index is 1220. The summed E-state index contributed by atoms with van der Waals surface area (Å²) >= 11 is 1.22. The van der Waals surface area contributed by atoms with Gasteiger partial charge in [-0.1, -0.05) is 42.1 Å². The van der Waals surface area contributed by atoms with E-state index in [1.807, 2.05) is 66.1 Å². The summed E-state index contributed by atoms with van der Waals surface area (Å²) in [6.45, 7) is 2.51. The Balaban J connectivity index is 1.48. The minimum Gasteiger partial charge on any atom is -0.494 e. The molecule has 9 nitrogen and oxygen atoms in total. The molecule has 2 aromatic heterocycles. The van der Waals surface area contributed by atoms with Gasteiger partial charge in [0.1, 0.15) is 11.6 Å². The van der Waals surface area contributed by atoms with Gasteiger partial charge in [0.25, 0.3) is 0 Å². The molecule has 10 heteroatoms. The molecule has 4 aromatic rings. The number of rotatable bonds is 9. The molecular formula is C24H23N5O4S. The van der Waals surface area contributed by atoms with E-state index >= 15 is 0 Å². The first-order valence-electron chi connectivity index (χ1n) is 10.6. The van der Waals surface area contributed by atoms with Crippen molar-refractivity contribution in [2.24, 2.45) is 0 Å². The molecule has 4 rings (SSSR count). The summed E-state index contributed by atoms with van der Waals surface area (Å²) in [6, 6.07) is 20.7. The van der Waals surface area contributed by atoms with Gasteiger partial charge in [0.05, 0.1) is 18.6 Å². The standard InChI is InChI=1S/C24H23N5O4S/c1-2-32-19-12-10-18(11-13-19)29-21(15-17-7-4-3-5-8-17)25-28-24(29)34-16-22(30)26-27-23(31)20-9-6-14-33-20/h3-14H,2,15-16H2,1H3,(H,26,30)(H,27,31). The summed E-state index contributed by atoms with van der Waals surface area (Å²) in [7, 11) is 0. The van der Waals surface area contributed by atoms with Gasteiger partial charge in [-0.25, -0.2) is 0 Å². The second-order valence-electron chi connectivity index (χ2n) is 7.09. The second-order valence-corrected chi connectivity index (χ2v) is 8.03. The largest absolute Gasteiger partial charge is 0.494 e. The molecule has 2 aromatic carbocycles. The van der Waals surface area contributed by atoms with Gasteiger partial charge in [0.15, 0.2) is 10.9 Å². The Morgan fingerprint density at radius 3 is 2.50 bits per heavy atom. The van der Waals surface area contributed by atoms with E-state index < -0.39 is 11.8 Å². The minimum atomic E-state index is -0.536. The zero-order valence-corrected chi connectivity index (χ0v) is 19.2. The highest BCUT2D eigenvalue weighted by atomic mass is 32.2. The Labute approximate surface area is 200 Å². The molecular weight excluding hydrogens is 454 g/mol.